The number of hydrogen-bond donors (Lipinski definition) is 2. The van der Waals surface area contributed by atoms with Crippen molar-refractivity contribution in [1.82, 2.24) is 4.90 Å². The van der Waals surface area contributed by atoms with E-state index >= 15 is 0 Å². The zero-order valence-corrected chi connectivity index (χ0v) is 12.1. The summed E-state index contributed by atoms with van der Waals surface area (Å²) in [6.45, 7) is 3.92. The average molecular weight is 294 g/mol. The number of aromatic carboxylic acids is 1. The summed E-state index contributed by atoms with van der Waals surface area (Å²) in [5.74, 6) is -1.81. The highest BCUT2D eigenvalue weighted by Gasteiger charge is 2.29. The summed E-state index contributed by atoms with van der Waals surface area (Å²) in [5.41, 5.74) is -0.170. The molecule has 1 aromatic carbocycles. The van der Waals surface area contributed by atoms with E-state index in [9.17, 15) is 14.0 Å². The summed E-state index contributed by atoms with van der Waals surface area (Å²) in [5, 5.41) is 11.4. The van der Waals surface area contributed by atoms with E-state index in [-0.39, 0.29) is 23.3 Å². The van der Waals surface area contributed by atoms with Crippen LogP contribution in [0.15, 0.2) is 18.2 Å². The third-order valence-electron chi connectivity index (χ3n) is 3.88. The minimum Gasteiger partial charge on any atom is -0.478 e. The number of urea groups is 1. The molecular formula is C15H19FN2O3. The number of likely N-dealkylation sites (tertiary alicyclic amines) is 1. The molecule has 2 rings (SSSR count). The predicted octanol–water partition coefficient (Wildman–Crippen LogP) is 3.32. The SMILES string of the molecule is CC1CCCC(C)N1C(=O)Nc1cc(C(=O)O)ccc1F. The van der Waals surface area contributed by atoms with Crippen molar-refractivity contribution in [2.45, 2.75) is 45.2 Å². The van der Waals surface area contributed by atoms with Crippen LogP contribution in [0.3, 0.4) is 0 Å². The molecule has 1 fully saturated rings. The summed E-state index contributed by atoms with van der Waals surface area (Å²) in [6.07, 6.45) is 2.89. The molecule has 114 valence electrons. The third-order valence-corrected chi connectivity index (χ3v) is 3.88. The van der Waals surface area contributed by atoms with Gasteiger partial charge in [-0.3, -0.25) is 0 Å². The van der Waals surface area contributed by atoms with Crippen LogP contribution < -0.4 is 5.32 Å². The van der Waals surface area contributed by atoms with Crippen molar-refractivity contribution in [3.8, 4) is 0 Å². The number of nitrogens with one attached hydrogen (secondary N) is 1. The molecule has 21 heavy (non-hydrogen) atoms. The fourth-order valence-corrected chi connectivity index (χ4v) is 2.76. The molecule has 0 aliphatic carbocycles. The number of amides is 2. The largest absolute Gasteiger partial charge is 0.478 e. The molecule has 6 heteroatoms. The number of carbonyl (C=O) groups excluding carboxylic acids is 1. The number of nitrogens with zero attached hydrogens (tertiary/aromatic N) is 1. The number of anilines is 1. The van der Waals surface area contributed by atoms with E-state index in [0.29, 0.717) is 0 Å². The van der Waals surface area contributed by atoms with Crippen molar-refractivity contribution in [2.75, 3.05) is 5.32 Å². The molecule has 1 saturated heterocycles. The molecule has 2 atom stereocenters. The molecule has 0 bridgehead atoms. The van der Waals surface area contributed by atoms with Crippen LogP contribution in [0.2, 0.25) is 0 Å². The van der Waals surface area contributed by atoms with Crippen LogP contribution in [0.5, 0.6) is 0 Å². The van der Waals surface area contributed by atoms with Crippen LogP contribution in [-0.2, 0) is 0 Å². The number of carboxylic acid groups (broad SMARTS) is 1. The van der Waals surface area contributed by atoms with Gasteiger partial charge in [0.2, 0.25) is 0 Å². The molecule has 2 amide bonds. The van der Waals surface area contributed by atoms with Crippen LogP contribution in [0.1, 0.15) is 43.5 Å². The lowest BCUT2D eigenvalue weighted by atomic mass is 9.98. The first-order valence-electron chi connectivity index (χ1n) is 7.02. The number of rotatable bonds is 2. The molecule has 1 aliphatic heterocycles. The van der Waals surface area contributed by atoms with Crippen molar-refractivity contribution in [3.63, 3.8) is 0 Å². The van der Waals surface area contributed by atoms with Gasteiger partial charge < -0.3 is 15.3 Å². The van der Waals surface area contributed by atoms with Crippen molar-refractivity contribution < 1.29 is 19.1 Å². The van der Waals surface area contributed by atoms with Gasteiger partial charge in [-0.1, -0.05) is 0 Å². The number of piperidine rings is 1. The summed E-state index contributed by atoms with van der Waals surface area (Å²) >= 11 is 0. The van der Waals surface area contributed by atoms with E-state index in [1.807, 2.05) is 13.8 Å². The Balaban J connectivity index is 2.19. The van der Waals surface area contributed by atoms with Crippen LogP contribution in [0, 0.1) is 5.82 Å². The molecule has 5 nitrogen and oxygen atoms in total. The van der Waals surface area contributed by atoms with Gasteiger partial charge in [0, 0.05) is 12.1 Å². The first-order chi connectivity index (χ1) is 9.90. The predicted molar refractivity (Wildman–Crippen MR) is 77.0 cm³/mol. The normalized spacial score (nSPS) is 22.0. The monoisotopic (exact) mass is 294 g/mol. The highest BCUT2D eigenvalue weighted by Crippen LogP contribution is 2.24. The molecule has 0 radical (unpaired) electrons. The fraction of sp³-hybridized carbons (Fsp3) is 0.467. The summed E-state index contributed by atoms with van der Waals surface area (Å²) < 4.78 is 13.7. The lowest BCUT2D eigenvalue weighted by molar-refractivity contribution is 0.0696. The molecule has 1 aliphatic rings. The van der Waals surface area contributed by atoms with Gasteiger partial charge in [-0.05, 0) is 51.3 Å². The molecule has 1 heterocycles. The quantitative estimate of drug-likeness (QED) is 0.879. The van der Waals surface area contributed by atoms with E-state index in [4.69, 9.17) is 5.11 Å². The lowest BCUT2D eigenvalue weighted by Gasteiger charge is -2.38. The number of halogens is 1. The van der Waals surface area contributed by atoms with Crippen LogP contribution in [0.25, 0.3) is 0 Å². The Morgan fingerprint density at radius 3 is 2.48 bits per heavy atom. The molecular weight excluding hydrogens is 275 g/mol. The Hall–Kier alpha value is -2.11. The number of hydrogen-bond acceptors (Lipinski definition) is 2. The smallest absolute Gasteiger partial charge is 0.335 e. The molecule has 1 aromatic rings. The van der Waals surface area contributed by atoms with E-state index in [1.165, 1.54) is 6.07 Å². The topological polar surface area (TPSA) is 69.6 Å². The number of benzene rings is 1. The maximum Gasteiger partial charge on any atom is 0.335 e. The van der Waals surface area contributed by atoms with Gasteiger partial charge in [0.15, 0.2) is 0 Å². The number of carboxylic acids is 1. The van der Waals surface area contributed by atoms with Crippen LogP contribution in [-0.4, -0.2) is 34.1 Å². The van der Waals surface area contributed by atoms with Gasteiger partial charge in [-0.25, -0.2) is 14.0 Å². The van der Waals surface area contributed by atoms with Gasteiger partial charge in [-0.2, -0.15) is 0 Å². The van der Waals surface area contributed by atoms with Crippen LogP contribution >= 0.6 is 0 Å². The van der Waals surface area contributed by atoms with E-state index in [1.54, 1.807) is 4.90 Å². The van der Waals surface area contributed by atoms with Crippen molar-refractivity contribution in [3.05, 3.63) is 29.6 Å². The first kappa shape index (κ1) is 15.3. The molecule has 2 N–H and O–H groups in total. The van der Waals surface area contributed by atoms with Gasteiger partial charge in [0.1, 0.15) is 5.82 Å². The Labute approximate surface area is 122 Å². The average Bonchev–Trinajstić information content (AvgIpc) is 2.40. The van der Waals surface area contributed by atoms with Crippen LogP contribution in [0.4, 0.5) is 14.9 Å². The summed E-state index contributed by atoms with van der Waals surface area (Å²) in [6, 6.07) is 3.12. The maximum absolute atomic E-state index is 13.7. The lowest BCUT2D eigenvalue weighted by Crippen LogP contribution is -2.49. The highest BCUT2D eigenvalue weighted by atomic mass is 19.1. The minimum absolute atomic E-state index is 0.0635. The van der Waals surface area contributed by atoms with Gasteiger partial charge >= 0.3 is 12.0 Å². The standard InChI is InChI=1S/C15H19FN2O3/c1-9-4-3-5-10(2)18(9)15(21)17-13-8-11(14(19)20)6-7-12(13)16/h6-10H,3-5H2,1-2H3,(H,17,21)(H,19,20). The van der Waals surface area contributed by atoms with Crippen molar-refractivity contribution in [1.29, 1.82) is 0 Å². The molecule has 0 spiro atoms. The zero-order chi connectivity index (χ0) is 15.6. The third kappa shape index (κ3) is 3.32. The summed E-state index contributed by atoms with van der Waals surface area (Å²) in [4.78, 5) is 24.9. The molecule has 0 aromatic heterocycles. The first-order valence-corrected chi connectivity index (χ1v) is 7.02. The Morgan fingerprint density at radius 2 is 1.90 bits per heavy atom. The van der Waals surface area contributed by atoms with E-state index in [2.05, 4.69) is 5.32 Å². The molecule has 2 unspecified atom stereocenters. The second kappa shape index (κ2) is 6.11. The molecule has 0 saturated carbocycles. The zero-order valence-electron chi connectivity index (χ0n) is 12.1. The fourth-order valence-electron chi connectivity index (χ4n) is 2.76. The van der Waals surface area contributed by atoms with Crippen molar-refractivity contribution in [2.24, 2.45) is 0 Å². The van der Waals surface area contributed by atoms with Gasteiger partial charge in [-0.15, -0.1) is 0 Å². The second-order valence-corrected chi connectivity index (χ2v) is 5.47. The van der Waals surface area contributed by atoms with Crippen molar-refractivity contribution >= 4 is 17.7 Å². The van der Waals surface area contributed by atoms with E-state index < -0.39 is 17.8 Å². The second-order valence-electron chi connectivity index (χ2n) is 5.47. The van der Waals surface area contributed by atoms with Gasteiger partial charge in [0.05, 0.1) is 11.3 Å². The maximum atomic E-state index is 13.7. The number of carbonyl (C=O) groups is 2. The summed E-state index contributed by atoms with van der Waals surface area (Å²) in [7, 11) is 0. The Morgan fingerprint density at radius 1 is 1.29 bits per heavy atom. The van der Waals surface area contributed by atoms with Gasteiger partial charge in [0.25, 0.3) is 0 Å². The Bertz CT molecular complexity index is 552. The van der Waals surface area contributed by atoms with E-state index in [0.717, 1.165) is 31.4 Å². The minimum atomic E-state index is -1.16. The highest BCUT2D eigenvalue weighted by molar-refractivity contribution is 5.93. The Kier molecular flexibility index (Phi) is 4.45.